The van der Waals surface area contributed by atoms with Crippen LogP contribution in [0.2, 0.25) is 0 Å². The summed E-state index contributed by atoms with van der Waals surface area (Å²) >= 11 is 0. The van der Waals surface area contributed by atoms with Crippen molar-refractivity contribution in [3.63, 3.8) is 0 Å². The van der Waals surface area contributed by atoms with Crippen LogP contribution in [0.4, 0.5) is 0 Å². The van der Waals surface area contributed by atoms with Crippen molar-refractivity contribution in [2.75, 3.05) is 21.3 Å². The highest BCUT2D eigenvalue weighted by Crippen LogP contribution is 2.39. The molecule has 1 aromatic heterocycles. The normalized spacial score (nSPS) is 12.5. The van der Waals surface area contributed by atoms with E-state index in [2.05, 4.69) is 5.32 Å². The molecule has 0 radical (unpaired) electrons. The van der Waals surface area contributed by atoms with Gasteiger partial charge in [-0.25, -0.2) is 4.79 Å². The van der Waals surface area contributed by atoms with Gasteiger partial charge in [-0.15, -0.1) is 0 Å². The molecule has 3 rings (SSSR count). The average molecular weight is 468 g/mol. The maximum atomic E-state index is 12.5. The van der Waals surface area contributed by atoms with Gasteiger partial charge in [0, 0.05) is 28.7 Å². The highest BCUT2D eigenvalue weighted by atomic mass is 16.5. The first-order chi connectivity index (χ1) is 16.2. The van der Waals surface area contributed by atoms with Crippen molar-refractivity contribution in [2.45, 2.75) is 26.8 Å². The summed E-state index contributed by atoms with van der Waals surface area (Å²) in [6.07, 6.45) is 3.03. The van der Waals surface area contributed by atoms with Crippen molar-refractivity contribution >= 4 is 28.4 Å². The Kier molecular flexibility index (Phi) is 7.50. The SMILES string of the molecule is COc1ccc(-c2coc3cc(OC)c(/C(C)=C/C(=O)NC(C(=O)O)C(C)C)cc23)cc1OC. The maximum Gasteiger partial charge on any atom is 0.326 e. The topological polar surface area (TPSA) is 107 Å². The number of hydrogen-bond donors (Lipinski definition) is 2. The number of carbonyl (C=O) groups excluding carboxylic acids is 1. The van der Waals surface area contributed by atoms with Crippen LogP contribution in [0.1, 0.15) is 26.3 Å². The molecule has 8 nitrogen and oxygen atoms in total. The van der Waals surface area contributed by atoms with Gasteiger partial charge in [0.15, 0.2) is 11.5 Å². The van der Waals surface area contributed by atoms with Crippen LogP contribution >= 0.6 is 0 Å². The van der Waals surface area contributed by atoms with E-state index in [1.54, 1.807) is 47.3 Å². The Morgan fingerprint density at radius 2 is 1.68 bits per heavy atom. The summed E-state index contributed by atoms with van der Waals surface area (Å²) in [6, 6.07) is 8.26. The zero-order valence-electron chi connectivity index (χ0n) is 20.1. The standard InChI is InChI=1S/C26H29NO7/c1-14(2)25(26(29)30)27-24(28)9-15(3)17-11-18-19(13-34-22(18)12-21(17)32-5)16-7-8-20(31-4)23(10-16)33-6/h7-14,25H,1-6H3,(H,27,28)(H,29,30)/b15-9+. The predicted molar refractivity (Wildman–Crippen MR) is 129 cm³/mol. The van der Waals surface area contributed by atoms with Crippen LogP contribution in [-0.2, 0) is 9.59 Å². The lowest BCUT2D eigenvalue weighted by Gasteiger charge is -2.17. The number of carboxylic acids is 1. The number of methoxy groups -OCH3 is 3. The van der Waals surface area contributed by atoms with Crippen molar-refractivity contribution in [1.29, 1.82) is 0 Å². The van der Waals surface area contributed by atoms with Gasteiger partial charge in [-0.2, -0.15) is 0 Å². The van der Waals surface area contributed by atoms with E-state index in [-0.39, 0.29) is 5.92 Å². The number of hydrogen-bond acceptors (Lipinski definition) is 6. The number of rotatable bonds is 9. The molecule has 0 aliphatic rings. The Balaban J connectivity index is 2.04. The number of carbonyl (C=O) groups is 2. The van der Waals surface area contributed by atoms with Gasteiger partial charge in [0.05, 0.1) is 27.6 Å². The number of ether oxygens (including phenoxy) is 3. The Bertz CT molecular complexity index is 1240. The van der Waals surface area contributed by atoms with Crippen molar-refractivity contribution in [2.24, 2.45) is 5.92 Å². The van der Waals surface area contributed by atoms with Gasteiger partial charge in [0.25, 0.3) is 0 Å². The fourth-order valence-corrected chi connectivity index (χ4v) is 3.74. The van der Waals surface area contributed by atoms with E-state index in [1.807, 2.05) is 24.3 Å². The highest BCUT2D eigenvalue weighted by Gasteiger charge is 2.23. The second-order valence-electron chi connectivity index (χ2n) is 8.16. The Labute approximate surface area is 198 Å². The Morgan fingerprint density at radius 1 is 1.00 bits per heavy atom. The third kappa shape index (κ3) is 5.01. The van der Waals surface area contributed by atoms with Gasteiger partial charge in [0.2, 0.25) is 5.91 Å². The fourth-order valence-electron chi connectivity index (χ4n) is 3.74. The second-order valence-corrected chi connectivity index (χ2v) is 8.16. The monoisotopic (exact) mass is 467 g/mol. The van der Waals surface area contributed by atoms with E-state index >= 15 is 0 Å². The first-order valence-corrected chi connectivity index (χ1v) is 10.7. The van der Waals surface area contributed by atoms with Crippen LogP contribution in [0, 0.1) is 5.92 Å². The molecule has 1 unspecified atom stereocenters. The van der Waals surface area contributed by atoms with Gasteiger partial charge >= 0.3 is 5.97 Å². The third-order valence-electron chi connectivity index (χ3n) is 5.59. The summed E-state index contributed by atoms with van der Waals surface area (Å²) in [7, 11) is 4.69. The lowest BCUT2D eigenvalue weighted by Crippen LogP contribution is -2.43. The number of fused-ring (bicyclic) bond motifs is 1. The van der Waals surface area contributed by atoms with Crippen LogP contribution < -0.4 is 19.5 Å². The molecule has 2 N–H and O–H groups in total. The number of furan rings is 1. The summed E-state index contributed by atoms with van der Waals surface area (Å²) in [5.41, 5.74) is 3.62. The Hall–Kier alpha value is -3.94. The average Bonchev–Trinajstić information content (AvgIpc) is 3.23. The molecular formula is C26H29NO7. The first kappa shape index (κ1) is 24.7. The lowest BCUT2D eigenvalue weighted by atomic mass is 9.98. The molecule has 0 fully saturated rings. The molecule has 8 heteroatoms. The van der Waals surface area contributed by atoms with Crippen LogP contribution in [-0.4, -0.2) is 44.4 Å². The van der Waals surface area contributed by atoms with Crippen molar-refractivity contribution < 1.29 is 33.3 Å². The maximum absolute atomic E-state index is 12.5. The van der Waals surface area contributed by atoms with E-state index in [0.717, 1.165) is 16.5 Å². The number of amides is 1. The van der Waals surface area contributed by atoms with Crippen molar-refractivity contribution in [3.05, 3.63) is 48.2 Å². The van der Waals surface area contributed by atoms with Crippen LogP contribution in [0.3, 0.4) is 0 Å². The summed E-state index contributed by atoms with van der Waals surface area (Å²) in [4.78, 5) is 24.0. The lowest BCUT2D eigenvalue weighted by molar-refractivity contribution is -0.142. The van der Waals surface area contributed by atoms with E-state index in [4.69, 9.17) is 18.6 Å². The van der Waals surface area contributed by atoms with E-state index < -0.39 is 17.9 Å². The summed E-state index contributed by atoms with van der Waals surface area (Å²) < 4.78 is 22.1. The highest BCUT2D eigenvalue weighted by molar-refractivity contribution is 6.01. The van der Waals surface area contributed by atoms with Crippen LogP contribution in [0.25, 0.3) is 27.7 Å². The first-order valence-electron chi connectivity index (χ1n) is 10.7. The molecule has 0 spiro atoms. The van der Waals surface area contributed by atoms with Gasteiger partial charge in [-0.1, -0.05) is 19.9 Å². The minimum atomic E-state index is -1.08. The molecule has 1 atom stereocenters. The minimum Gasteiger partial charge on any atom is -0.496 e. The zero-order chi connectivity index (χ0) is 25.0. The van der Waals surface area contributed by atoms with Crippen molar-refractivity contribution in [1.82, 2.24) is 5.32 Å². The molecule has 180 valence electrons. The molecule has 0 saturated heterocycles. The number of nitrogens with one attached hydrogen (secondary N) is 1. The molecule has 1 heterocycles. The summed E-state index contributed by atoms with van der Waals surface area (Å²) in [5, 5.41) is 12.7. The number of carboxylic acid groups (broad SMARTS) is 1. The largest absolute Gasteiger partial charge is 0.496 e. The molecule has 0 bridgehead atoms. The summed E-state index contributed by atoms with van der Waals surface area (Å²) in [5.74, 6) is -0.0856. The van der Waals surface area contributed by atoms with E-state index in [0.29, 0.717) is 34.0 Å². The quantitative estimate of drug-likeness (QED) is 0.437. The second kappa shape index (κ2) is 10.3. The zero-order valence-corrected chi connectivity index (χ0v) is 20.1. The number of aliphatic carboxylic acids is 1. The molecule has 1 amide bonds. The molecule has 0 saturated carbocycles. The van der Waals surface area contributed by atoms with E-state index in [9.17, 15) is 14.7 Å². The van der Waals surface area contributed by atoms with Crippen LogP contribution in [0.15, 0.2) is 47.1 Å². The van der Waals surface area contributed by atoms with Crippen molar-refractivity contribution in [3.8, 4) is 28.4 Å². The Morgan fingerprint density at radius 3 is 2.26 bits per heavy atom. The van der Waals surface area contributed by atoms with Crippen LogP contribution in [0.5, 0.6) is 17.2 Å². The number of benzene rings is 2. The molecule has 0 aliphatic carbocycles. The van der Waals surface area contributed by atoms with Gasteiger partial charge < -0.3 is 29.1 Å². The number of allylic oxidation sites excluding steroid dienone is 1. The molecule has 0 aliphatic heterocycles. The molecule has 34 heavy (non-hydrogen) atoms. The van der Waals surface area contributed by atoms with E-state index in [1.165, 1.54) is 13.2 Å². The molecule has 3 aromatic rings. The van der Waals surface area contributed by atoms with Gasteiger partial charge in [-0.3, -0.25) is 4.79 Å². The van der Waals surface area contributed by atoms with Gasteiger partial charge in [-0.05, 0) is 42.2 Å². The summed E-state index contributed by atoms with van der Waals surface area (Å²) in [6.45, 7) is 5.24. The molecule has 2 aromatic carbocycles. The fraction of sp³-hybridized carbons (Fsp3) is 0.308. The predicted octanol–water partition coefficient (Wildman–Crippen LogP) is 4.75. The van der Waals surface area contributed by atoms with Gasteiger partial charge in [0.1, 0.15) is 17.4 Å². The minimum absolute atomic E-state index is 0.254. The molecular weight excluding hydrogens is 438 g/mol. The smallest absolute Gasteiger partial charge is 0.326 e. The third-order valence-corrected chi connectivity index (χ3v) is 5.59.